The third-order valence-corrected chi connectivity index (χ3v) is 3.09. The van der Waals surface area contributed by atoms with E-state index in [1.54, 1.807) is 14.2 Å². The normalized spacial score (nSPS) is 11.4. The van der Waals surface area contributed by atoms with Gasteiger partial charge in [0, 0.05) is 33.5 Å². The van der Waals surface area contributed by atoms with Crippen molar-refractivity contribution in [2.45, 2.75) is 44.6 Å². The number of rotatable bonds is 16. The van der Waals surface area contributed by atoms with Crippen LogP contribution < -0.4 is 5.73 Å². The lowest BCUT2D eigenvalue weighted by Gasteiger charge is -2.11. The highest BCUT2D eigenvalue weighted by atomic mass is 16.5. The van der Waals surface area contributed by atoms with Crippen molar-refractivity contribution in [3.63, 3.8) is 0 Å². The molecule has 0 fully saturated rings. The maximum Gasteiger partial charge on any atom is 0.0700 e. The molecule has 0 heterocycles. The maximum atomic E-state index is 6.08. The van der Waals surface area contributed by atoms with Crippen LogP contribution in [0.3, 0.4) is 0 Å². The summed E-state index contributed by atoms with van der Waals surface area (Å²) in [5.74, 6) is 0. The number of hydrogen-bond acceptors (Lipinski definition) is 5. The number of methoxy groups -OCH3 is 2. The predicted octanol–water partition coefficient (Wildman–Crippen LogP) is 1.98. The molecule has 0 aromatic carbocycles. The fourth-order valence-electron chi connectivity index (χ4n) is 1.85. The molecule has 0 bridgehead atoms. The maximum absolute atomic E-state index is 6.08. The first-order chi connectivity index (χ1) is 9.81. The molecule has 122 valence electrons. The summed E-state index contributed by atoms with van der Waals surface area (Å²) in [6, 6.07) is 0.313. The van der Waals surface area contributed by atoms with Gasteiger partial charge in [0.25, 0.3) is 0 Å². The fourth-order valence-corrected chi connectivity index (χ4v) is 1.85. The topological polar surface area (TPSA) is 62.9 Å². The van der Waals surface area contributed by atoms with Crippen LogP contribution in [0, 0.1) is 0 Å². The number of unbranched alkanes of at least 4 members (excludes halogenated alkanes) is 2. The van der Waals surface area contributed by atoms with Gasteiger partial charge >= 0.3 is 0 Å². The van der Waals surface area contributed by atoms with Gasteiger partial charge in [-0.3, -0.25) is 0 Å². The molecule has 0 aromatic rings. The second kappa shape index (κ2) is 16.9. The fraction of sp³-hybridized carbons (Fsp3) is 1.00. The largest absolute Gasteiger partial charge is 0.382 e. The standard InChI is InChI=1S/C15H33NO4/c1-17-11-13-19-9-5-3-7-15(16)8-4-6-10-20-14-12-18-2/h15H,3-14,16H2,1-2H3. The van der Waals surface area contributed by atoms with E-state index in [1.807, 2.05) is 0 Å². The molecule has 0 aliphatic carbocycles. The molecule has 0 unspecified atom stereocenters. The van der Waals surface area contributed by atoms with Crippen molar-refractivity contribution < 1.29 is 18.9 Å². The summed E-state index contributed by atoms with van der Waals surface area (Å²) >= 11 is 0. The van der Waals surface area contributed by atoms with Crippen LogP contribution in [0.2, 0.25) is 0 Å². The van der Waals surface area contributed by atoms with Crippen LogP contribution in [0.4, 0.5) is 0 Å². The first kappa shape index (κ1) is 19.8. The summed E-state index contributed by atoms with van der Waals surface area (Å²) in [6.45, 7) is 4.34. The van der Waals surface area contributed by atoms with Crippen LogP contribution in [-0.2, 0) is 18.9 Å². The molecule has 0 aliphatic rings. The van der Waals surface area contributed by atoms with Gasteiger partial charge in [0.15, 0.2) is 0 Å². The van der Waals surface area contributed by atoms with Gasteiger partial charge < -0.3 is 24.7 Å². The Hall–Kier alpha value is -0.200. The van der Waals surface area contributed by atoms with Gasteiger partial charge in [-0.25, -0.2) is 0 Å². The summed E-state index contributed by atoms with van der Waals surface area (Å²) in [4.78, 5) is 0. The van der Waals surface area contributed by atoms with Gasteiger partial charge in [0.05, 0.1) is 26.4 Å². The van der Waals surface area contributed by atoms with Gasteiger partial charge in [0.1, 0.15) is 0 Å². The smallest absolute Gasteiger partial charge is 0.0700 e. The van der Waals surface area contributed by atoms with Gasteiger partial charge in [-0.05, 0) is 38.5 Å². The van der Waals surface area contributed by atoms with Crippen molar-refractivity contribution >= 4 is 0 Å². The molecule has 2 N–H and O–H groups in total. The molecule has 0 spiro atoms. The minimum Gasteiger partial charge on any atom is -0.382 e. The molecule has 0 atom stereocenters. The third kappa shape index (κ3) is 15.9. The van der Waals surface area contributed by atoms with E-state index in [2.05, 4.69) is 0 Å². The van der Waals surface area contributed by atoms with E-state index >= 15 is 0 Å². The SMILES string of the molecule is COCCOCCCCC(N)CCCCOCCOC. The summed E-state index contributed by atoms with van der Waals surface area (Å²) in [5.41, 5.74) is 6.08. The van der Waals surface area contributed by atoms with Gasteiger partial charge in [-0.1, -0.05) is 0 Å². The molecule has 5 nitrogen and oxygen atoms in total. The highest BCUT2D eigenvalue weighted by Gasteiger charge is 2.02. The second-order valence-corrected chi connectivity index (χ2v) is 4.96. The van der Waals surface area contributed by atoms with Gasteiger partial charge in [-0.15, -0.1) is 0 Å². The summed E-state index contributed by atoms with van der Waals surface area (Å²) in [6.07, 6.45) is 6.60. The van der Waals surface area contributed by atoms with Gasteiger partial charge in [-0.2, -0.15) is 0 Å². The van der Waals surface area contributed by atoms with E-state index < -0.39 is 0 Å². The van der Waals surface area contributed by atoms with E-state index in [4.69, 9.17) is 24.7 Å². The Morgan fingerprint density at radius 3 is 1.50 bits per heavy atom. The second-order valence-electron chi connectivity index (χ2n) is 4.96. The Morgan fingerprint density at radius 2 is 1.10 bits per heavy atom. The zero-order valence-electron chi connectivity index (χ0n) is 13.3. The molecule has 20 heavy (non-hydrogen) atoms. The molecule has 0 aromatic heterocycles. The summed E-state index contributed by atoms with van der Waals surface area (Å²) in [7, 11) is 3.37. The Morgan fingerprint density at radius 1 is 0.650 bits per heavy atom. The molecular formula is C15H33NO4. The average Bonchev–Trinajstić information content (AvgIpc) is 2.45. The van der Waals surface area contributed by atoms with Crippen LogP contribution in [-0.4, -0.2) is 59.9 Å². The Kier molecular flexibility index (Phi) is 16.7. The Labute approximate surface area is 124 Å². The minimum absolute atomic E-state index is 0.313. The van der Waals surface area contributed by atoms with Crippen molar-refractivity contribution in [1.82, 2.24) is 0 Å². The van der Waals surface area contributed by atoms with Crippen molar-refractivity contribution in [1.29, 1.82) is 0 Å². The number of hydrogen-bond donors (Lipinski definition) is 1. The molecule has 0 amide bonds. The van der Waals surface area contributed by atoms with Crippen molar-refractivity contribution in [3.8, 4) is 0 Å². The van der Waals surface area contributed by atoms with E-state index in [0.717, 1.165) is 51.7 Å². The van der Waals surface area contributed by atoms with E-state index in [1.165, 1.54) is 0 Å². The first-order valence-electron chi connectivity index (χ1n) is 7.70. The van der Waals surface area contributed by atoms with Crippen molar-refractivity contribution in [3.05, 3.63) is 0 Å². The van der Waals surface area contributed by atoms with Crippen molar-refractivity contribution in [2.24, 2.45) is 5.73 Å². The lowest BCUT2D eigenvalue weighted by Crippen LogP contribution is -2.20. The number of nitrogens with two attached hydrogens (primary N) is 1. The van der Waals surface area contributed by atoms with Crippen LogP contribution in [0.15, 0.2) is 0 Å². The lowest BCUT2D eigenvalue weighted by molar-refractivity contribution is 0.0676. The third-order valence-electron chi connectivity index (χ3n) is 3.09. The van der Waals surface area contributed by atoms with Crippen LogP contribution in [0.5, 0.6) is 0 Å². The first-order valence-corrected chi connectivity index (χ1v) is 7.70. The van der Waals surface area contributed by atoms with Crippen LogP contribution >= 0.6 is 0 Å². The molecule has 0 aliphatic heterocycles. The molecule has 0 rings (SSSR count). The monoisotopic (exact) mass is 291 g/mol. The number of ether oxygens (including phenoxy) is 4. The molecular weight excluding hydrogens is 258 g/mol. The lowest BCUT2D eigenvalue weighted by atomic mass is 10.0. The van der Waals surface area contributed by atoms with E-state index in [0.29, 0.717) is 32.5 Å². The summed E-state index contributed by atoms with van der Waals surface area (Å²) < 4.78 is 20.6. The predicted molar refractivity (Wildman–Crippen MR) is 81.1 cm³/mol. The minimum atomic E-state index is 0.313. The van der Waals surface area contributed by atoms with Crippen molar-refractivity contribution in [2.75, 3.05) is 53.9 Å². The Bertz CT molecular complexity index is 163. The average molecular weight is 291 g/mol. The highest BCUT2D eigenvalue weighted by Crippen LogP contribution is 2.07. The van der Waals surface area contributed by atoms with Crippen LogP contribution in [0.25, 0.3) is 0 Å². The van der Waals surface area contributed by atoms with Crippen LogP contribution in [0.1, 0.15) is 38.5 Å². The van der Waals surface area contributed by atoms with E-state index in [9.17, 15) is 0 Å². The highest BCUT2D eigenvalue weighted by molar-refractivity contribution is 4.61. The molecule has 0 saturated heterocycles. The zero-order valence-corrected chi connectivity index (χ0v) is 13.3. The quantitative estimate of drug-likeness (QED) is 0.441. The molecule has 5 heteroatoms. The van der Waals surface area contributed by atoms with E-state index in [-0.39, 0.29) is 0 Å². The summed E-state index contributed by atoms with van der Waals surface area (Å²) in [5, 5.41) is 0. The molecule has 0 saturated carbocycles. The zero-order chi connectivity index (χ0) is 14.9. The Balaban J connectivity index is 3.11. The van der Waals surface area contributed by atoms with Gasteiger partial charge in [0.2, 0.25) is 0 Å². The molecule has 0 radical (unpaired) electrons.